The topological polar surface area (TPSA) is 0 Å². The van der Waals surface area contributed by atoms with Gasteiger partial charge in [0.15, 0.2) is 0 Å². The van der Waals surface area contributed by atoms with E-state index in [0.717, 1.165) is 6.08 Å². The van der Waals surface area contributed by atoms with Crippen LogP contribution in [0.25, 0.3) is 0 Å². The van der Waals surface area contributed by atoms with Crippen LogP contribution in [-0.4, -0.2) is 0 Å². The van der Waals surface area contributed by atoms with Crippen LogP contribution in [0.1, 0.15) is 0 Å². The third kappa shape index (κ3) is 1.67. The summed E-state index contributed by atoms with van der Waals surface area (Å²) >= 11 is 0. The van der Waals surface area contributed by atoms with E-state index in [9.17, 15) is 4.39 Å². The SMILES string of the molecule is [CH2]/C=C\F. The molecule has 4 heavy (non-hydrogen) atoms. The number of allylic oxidation sites excluding steroid dienone is 1. The fourth-order valence-corrected chi connectivity index (χ4v) is 0. The van der Waals surface area contributed by atoms with Gasteiger partial charge in [0.1, 0.15) is 0 Å². The molecule has 0 saturated carbocycles. The molecule has 0 aliphatic carbocycles. The molecule has 0 aromatic rings. The van der Waals surface area contributed by atoms with Crippen LogP contribution in [0.15, 0.2) is 12.4 Å². The lowest BCUT2D eigenvalue weighted by Crippen LogP contribution is -1.24. The van der Waals surface area contributed by atoms with Gasteiger partial charge in [-0.05, 0) is 6.92 Å². The highest BCUT2D eigenvalue weighted by atomic mass is 19.1. The van der Waals surface area contributed by atoms with Crippen molar-refractivity contribution in [3.05, 3.63) is 19.3 Å². The Bertz CT molecular complexity index is 18.5. The van der Waals surface area contributed by atoms with E-state index in [4.69, 9.17) is 0 Å². The predicted molar refractivity (Wildman–Crippen MR) is 15.6 cm³/mol. The second kappa shape index (κ2) is 2.67. The predicted octanol–water partition coefficient (Wildman–Crippen LogP) is 1.30. The van der Waals surface area contributed by atoms with Crippen molar-refractivity contribution in [3.8, 4) is 0 Å². The molecule has 0 rings (SSSR count). The van der Waals surface area contributed by atoms with Gasteiger partial charge in [0, 0.05) is 0 Å². The van der Waals surface area contributed by atoms with E-state index in [1.807, 2.05) is 0 Å². The molecule has 0 heterocycles. The van der Waals surface area contributed by atoms with Gasteiger partial charge in [-0.1, -0.05) is 6.08 Å². The zero-order chi connectivity index (χ0) is 3.41. The quantitative estimate of drug-likeness (QED) is 0.394. The molecular weight excluding hydrogens is 55.0 g/mol. The molecule has 0 bridgehead atoms. The Labute approximate surface area is 24.9 Å². The Morgan fingerprint density at radius 1 is 1.75 bits per heavy atom. The number of halogens is 1. The van der Waals surface area contributed by atoms with E-state index in [2.05, 4.69) is 6.92 Å². The Morgan fingerprint density at radius 3 is 2.00 bits per heavy atom. The summed E-state index contributed by atoms with van der Waals surface area (Å²) in [6.45, 7) is 3.05. The highest BCUT2D eigenvalue weighted by Crippen LogP contribution is 1.61. The standard InChI is InChI=1S/C3H4F/c1-2-3-4/h2-3H,1H2/b3-2-. The van der Waals surface area contributed by atoms with Crippen molar-refractivity contribution in [2.45, 2.75) is 0 Å². The fraction of sp³-hybridized carbons (Fsp3) is 0. The third-order valence-corrected chi connectivity index (χ3v) is 0.0891. The molecule has 0 unspecified atom stereocenters. The minimum atomic E-state index is 0.389. The fourth-order valence-electron chi connectivity index (χ4n) is 0. The molecule has 0 aliphatic rings. The van der Waals surface area contributed by atoms with Crippen molar-refractivity contribution in [3.63, 3.8) is 0 Å². The summed E-state index contributed by atoms with van der Waals surface area (Å²) < 4.78 is 10.5. The number of hydrogen-bond acceptors (Lipinski definition) is 0. The number of hydrogen-bond donors (Lipinski definition) is 0. The highest BCUT2D eigenvalue weighted by Gasteiger charge is 1.39. The van der Waals surface area contributed by atoms with Gasteiger partial charge in [-0.15, -0.1) is 0 Å². The van der Waals surface area contributed by atoms with Gasteiger partial charge >= 0.3 is 0 Å². The van der Waals surface area contributed by atoms with E-state index in [-0.39, 0.29) is 0 Å². The molecule has 0 saturated heterocycles. The Balaban J connectivity index is 2.55. The van der Waals surface area contributed by atoms with Crippen LogP contribution in [-0.2, 0) is 0 Å². The molecule has 0 aromatic carbocycles. The molecule has 0 atom stereocenters. The van der Waals surface area contributed by atoms with Gasteiger partial charge in [0.05, 0.1) is 6.33 Å². The second-order valence-corrected chi connectivity index (χ2v) is 0.362. The average molecular weight is 59.1 g/mol. The molecule has 0 fully saturated rings. The summed E-state index contributed by atoms with van der Waals surface area (Å²) in [5.41, 5.74) is 0. The maximum atomic E-state index is 10.5. The van der Waals surface area contributed by atoms with Gasteiger partial charge in [-0.2, -0.15) is 0 Å². The van der Waals surface area contributed by atoms with Gasteiger partial charge in [-0.3, -0.25) is 0 Å². The van der Waals surface area contributed by atoms with Crippen LogP contribution in [0.5, 0.6) is 0 Å². The normalized spacial score (nSPS) is 9.50. The summed E-state index contributed by atoms with van der Waals surface area (Å²) in [4.78, 5) is 0. The summed E-state index contributed by atoms with van der Waals surface area (Å²) in [6, 6.07) is 0. The van der Waals surface area contributed by atoms with E-state index in [1.165, 1.54) is 0 Å². The molecule has 0 spiro atoms. The zero-order valence-corrected chi connectivity index (χ0v) is 2.24. The maximum Gasteiger partial charge on any atom is 0.0827 e. The van der Waals surface area contributed by atoms with E-state index in [0.29, 0.717) is 6.33 Å². The van der Waals surface area contributed by atoms with Gasteiger partial charge < -0.3 is 0 Å². The van der Waals surface area contributed by atoms with Crippen LogP contribution in [0.4, 0.5) is 4.39 Å². The lowest BCUT2D eigenvalue weighted by molar-refractivity contribution is 0.721. The first-order chi connectivity index (χ1) is 1.91. The maximum absolute atomic E-state index is 10.5. The Morgan fingerprint density at radius 2 is 2.00 bits per heavy atom. The first-order valence-electron chi connectivity index (χ1n) is 0.960. The monoisotopic (exact) mass is 59.0 g/mol. The van der Waals surface area contributed by atoms with Crippen molar-refractivity contribution in [1.29, 1.82) is 0 Å². The molecule has 1 radical (unpaired) electrons. The van der Waals surface area contributed by atoms with Crippen LogP contribution in [0.2, 0.25) is 0 Å². The van der Waals surface area contributed by atoms with Crippen LogP contribution in [0, 0.1) is 6.92 Å². The largest absolute Gasteiger partial charge is 0.216 e. The number of rotatable bonds is 0. The highest BCUT2D eigenvalue weighted by molar-refractivity contribution is 4.72. The summed E-state index contributed by atoms with van der Waals surface area (Å²) in [6.07, 6.45) is 1.47. The lowest BCUT2D eigenvalue weighted by atomic mass is 10.8. The van der Waals surface area contributed by atoms with Crippen molar-refractivity contribution in [2.75, 3.05) is 0 Å². The summed E-state index contributed by atoms with van der Waals surface area (Å²) in [5.74, 6) is 0. The zero-order valence-electron chi connectivity index (χ0n) is 2.24. The van der Waals surface area contributed by atoms with Crippen LogP contribution in [0.3, 0.4) is 0 Å². The second-order valence-electron chi connectivity index (χ2n) is 0.362. The molecular formula is C3H4F. The Hall–Kier alpha value is -0.330. The van der Waals surface area contributed by atoms with Gasteiger partial charge in [-0.25, -0.2) is 4.39 Å². The molecule has 0 aliphatic heterocycles. The summed E-state index contributed by atoms with van der Waals surface area (Å²) in [7, 11) is 0. The molecule has 1 heteroatoms. The summed E-state index contributed by atoms with van der Waals surface area (Å²) in [5, 5.41) is 0. The Kier molecular flexibility index (Phi) is 2.45. The van der Waals surface area contributed by atoms with Crippen LogP contribution < -0.4 is 0 Å². The smallest absolute Gasteiger partial charge is 0.0827 e. The first-order valence-corrected chi connectivity index (χ1v) is 0.960. The van der Waals surface area contributed by atoms with Gasteiger partial charge in [0.25, 0.3) is 0 Å². The molecule has 0 amide bonds. The minimum Gasteiger partial charge on any atom is -0.216 e. The van der Waals surface area contributed by atoms with Crippen LogP contribution >= 0.6 is 0 Å². The van der Waals surface area contributed by atoms with Crippen molar-refractivity contribution in [1.82, 2.24) is 0 Å². The van der Waals surface area contributed by atoms with Gasteiger partial charge in [0.2, 0.25) is 0 Å². The lowest BCUT2D eigenvalue weighted by Gasteiger charge is -1.45. The van der Waals surface area contributed by atoms with E-state index in [1.54, 1.807) is 0 Å². The van der Waals surface area contributed by atoms with E-state index < -0.39 is 0 Å². The molecule has 0 nitrogen and oxygen atoms in total. The van der Waals surface area contributed by atoms with Crippen molar-refractivity contribution >= 4 is 0 Å². The molecule has 0 aromatic heterocycles. The average Bonchev–Trinajstić information content (AvgIpc) is 1.37. The molecule has 23 valence electrons. The minimum absolute atomic E-state index is 0.389. The molecule has 0 N–H and O–H groups in total. The van der Waals surface area contributed by atoms with Crippen molar-refractivity contribution in [2.24, 2.45) is 0 Å². The van der Waals surface area contributed by atoms with Crippen molar-refractivity contribution < 1.29 is 4.39 Å². The van der Waals surface area contributed by atoms with E-state index >= 15 is 0 Å². The third-order valence-electron chi connectivity index (χ3n) is 0.0891. The first kappa shape index (κ1) is 3.67.